The second-order valence-electron chi connectivity index (χ2n) is 5.02. The average Bonchev–Trinajstić information content (AvgIpc) is 2.49. The highest BCUT2D eigenvalue weighted by atomic mass is 16.5. The highest BCUT2D eigenvalue weighted by Crippen LogP contribution is 2.06. The fourth-order valence-corrected chi connectivity index (χ4v) is 2.52. The van der Waals surface area contributed by atoms with Crippen molar-refractivity contribution in [3.05, 3.63) is 0 Å². The van der Waals surface area contributed by atoms with Crippen molar-refractivity contribution in [1.82, 2.24) is 9.80 Å². The van der Waals surface area contributed by atoms with Gasteiger partial charge in [0.1, 0.15) is 6.23 Å². The first kappa shape index (κ1) is 15.2. The molecule has 0 spiro atoms. The molecule has 19 heavy (non-hydrogen) atoms. The Morgan fingerprint density at radius 1 is 1.00 bits per heavy atom. The van der Waals surface area contributed by atoms with E-state index in [-0.39, 0.29) is 6.23 Å². The largest absolute Gasteiger partial charge is 0.379 e. The van der Waals surface area contributed by atoms with Gasteiger partial charge in [0.05, 0.1) is 26.4 Å². The maximum atomic E-state index is 5.91. The molecule has 0 aromatic carbocycles. The molecule has 0 aromatic rings. The van der Waals surface area contributed by atoms with E-state index in [0.717, 1.165) is 72.2 Å². The van der Waals surface area contributed by atoms with Gasteiger partial charge in [-0.25, -0.2) is 0 Å². The highest BCUT2D eigenvalue weighted by Gasteiger charge is 2.20. The van der Waals surface area contributed by atoms with Crippen LogP contribution in [0.25, 0.3) is 0 Å². The number of nitrogens with two attached hydrogens (primary N) is 1. The summed E-state index contributed by atoms with van der Waals surface area (Å²) in [5.41, 5.74) is 5.79. The molecule has 6 heteroatoms. The van der Waals surface area contributed by atoms with Gasteiger partial charge in [0.2, 0.25) is 0 Å². The van der Waals surface area contributed by atoms with Crippen molar-refractivity contribution < 1.29 is 14.2 Å². The maximum Gasteiger partial charge on any atom is 0.123 e. The molecule has 0 aromatic heterocycles. The van der Waals surface area contributed by atoms with Gasteiger partial charge in [-0.1, -0.05) is 0 Å². The standard InChI is InChI=1S/C13H27N3O3/c14-12-13(16-5-10-18-11-6-16)19-7-1-2-15-3-8-17-9-4-15/h13H,1-12,14H2. The van der Waals surface area contributed by atoms with Gasteiger partial charge in [-0.05, 0) is 6.42 Å². The van der Waals surface area contributed by atoms with Gasteiger partial charge in [-0.3, -0.25) is 9.80 Å². The smallest absolute Gasteiger partial charge is 0.123 e. The zero-order chi connectivity index (χ0) is 13.3. The average molecular weight is 273 g/mol. The first-order chi connectivity index (χ1) is 9.40. The normalized spacial score (nSPS) is 24.5. The maximum absolute atomic E-state index is 5.91. The molecular formula is C13H27N3O3. The van der Waals surface area contributed by atoms with Crippen LogP contribution in [0.15, 0.2) is 0 Å². The van der Waals surface area contributed by atoms with Crippen molar-refractivity contribution in [2.75, 3.05) is 72.3 Å². The molecule has 1 atom stereocenters. The van der Waals surface area contributed by atoms with Gasteiger partial charge >= 0.3 is 0 Å². The third kappa shape index (κ3) is 5.33. The number of hydrogen-bond acceptors (Lipinski definition) is 6. The molecule has 2 saturated heterocycles. The van der Waals surface area contributed by atoms with Crippen LogP contribution in [0.3, 0.4) is 0 Å². The molecule has 0 aliphatic carbocycles. The summed E-state index contributed by atoms with van der Waals surface area (Å²) in [5.74, 6) is 0. The molecule has 0 saturated carbocycles. The Hall–Kier alpha value is -0.240. The summed E-state index contributed by atoms with van der Waals surface area (Å²) in [6.45, 7) is 9.64. The van der Waals surface area contributed by atoms with Crippen LogP contribution in [0.5, 0.6) is 0 Å². The second kappa shape index (κ2) is 8.84. The van der Waals surface area contributed by atoms with E-state index < -0.39 is 0 Å². The van der Waals surface area contributed by atoms with Crippen LogP contribution in [-0.4, -0.2) is 88.3 Å². The number of rotatable bonds is 7. The van der Waals surface area contributed by atoms with Crippen molar-refractivity contribution in [1.29, 1.82) is 0 Å². The number of morpholine rings is 2. The predicted molar refractivity (Wildman–Crippen MR) is 73.1 cm³/mol. The number of nitrogens with zero attached hydrogens (tertiary/aromatic N) is 2. The van der Waals surface area contributed by atoms with Crippen molar-refractivity contribution in [2.45, 2.75) is 12.6 Å². The summed E-state index contributed by atoms with van der Waals surface area (Å²) in [5, 5.41) is 0. The van der Waals surface area contributed by atoms with Crippen molar-refractivity contribution in [2.24, 2.45) is 5.73 Å². The highest BCUT2D eigenvalue weighted by molar-refractivity contribution is 4.68. The molecule has 2 rings (SSSR count). The Morgan fingerprint density at radius 2 is 1.63 bits per heavy atom. The minimum Gasteiger partial charge on any atom is -0.379 e. The molecule has 0 radical (unpaired) electrons. The van der Waals surface area contributed by atoms with E-state index in [1.807, 2.05) is 0 Å². The molecule has 1 unspecified atom stereocenters. The Labute approximate surface area is 115 Å². The Balaban J connectivity index is 1.57. The van der Waals surface area contributed by atoms with Crippen LogP contribution in [0, 0.1) is 0 Å². The Kier molecular flexibility index (Phi) is 7.05. The van der Waals surface area contributed by atoms with Gasteiger partial charge in [-0.2, -0.15) is 0 Å². The lowest BCUT2D eigenvalue weighted by molar-refractivity contribution is -0.0927. The van der Waals surface area contributed by atoms with Crippen LogP contribution >= 0.6 is 0 Å². The quantitative estimate of drug-likeness (QED) is 0.622. The van der Waals surface area contributed by atoms with Gasteiger partial charge in [0, 0.05) is 45.9 Å². The van der Waals surface area contributed by atoms with E-state index in [2.05, 4.69) is 9.80 Å². The van der Waals surface area contributed by atoms with Crippen LogP contribution in [0.4, 0.5) is 0 Å². The lowest BCUT2D eigenvalue weighted by atomic mass is 10.3. The molecule has 0 bridgehead atoms. The second-order valence-corrected chi connectivity index (χ2v) is 5.02. The zero-order valence-corrected chi connectivity index (χ0v) is 11.8. The van der Waals surface area contributed by atoms with Crippen molar-refractivity contribution >= 4 is 0 Å². The van der Waals surface area contributed by atoms with Gasteiger partial charge in [0.25, 0.3) is 0 Å². The topological polar surface area (TPSA) is 60.2 Å². The molecule has 0 amide bonds. The van der Waals surface area contributed by atoms with Crippen LogP contribution in [0.1, 0.15) is 6.42 Å². The minimum atomic E-state index is 0.0496. The van der Waals surface area contributed by atoms with Crippen LogP contribution < -0.4 is 5.73 Å². The summed E-state index contributed by atoms with van der Waals surface area (Å²) >= 11 is 0. The fraction of sp³-hybridized carbons (Fsp3) is 1.00. The molecule has 2 aliphatic rings. The van der Waals surface area contributed by atoms with Gasteiger partial charge < -0.3 is 19.9 Å². The SMILES string of the molecule is NCC(OCCCN1CCOCC1)N1CCOCC1. The fourth-order valence-electron chi connectivity index (χ4n) is 2.52. The van der Waals surface area contributed by atoms with E-state index in [9.17, 15) is 0 Å². The summed E-state index contributed by atoms with van der Waals surface area (Å²) in [7, 11) is 0. The molecule has 6 nitrogen and oxygen atoms in total. The number of ether oxygens (including phenoxy) is 3. The number of hydrogen-bond donors (Lipinski definition) is 1. The first-order valence-electron chi connectivity index (χ1n) is 7.33. The van der Waals surface area contributed by atoms with E-state index in [1.165, 1.54) is 0 Å². The predicted octanol–water partition coefficient (Wildman–Crippen LogP) is -0.658. The molecule has 2 aliphatic heterocycles. The molecule has 2 N–H and O–H groups in total. The molecule has 2 heterocycles. The van der Waals surface area contributed by atoms with Crippen molar-refractivity contribution in [3.8, 4) is 0 Å². The van der Waals surface area contributed by atoms with Crippen LogP contribution in [-0.2, 0) is 14.2 Å². The monoisotopic (exact) mass is 273 g/mol. The van der Waals surface area contributed by atoms with Gasteiger partial charge in [-0.15, -0.1) is 0 Å². The van der Waals surface area contributed by atoms with E-state index in [0.29, 0.717) is 6.54 Å². The molecule has 2 fully saturated rings. The lowest BCUT2D eigenvalue weighted by Gasteiger charge is -2.33. The van der Waals surface area contributed by atoms with Crippen LogP contribution in [0.2, 0.25) is 0 Å². The minimum absolute atomic E-state index is 0.0496. The molecular weight excluding hydrogens is 246 g/mol. The summed E-state index contributed by atoms with van der Waals surface area (Å²) in [4.78, 5) is 4.71. The van der Waals surface area contributed by atoms with Gasteiger partial charge in [0.15, 0.2) is 0 Å². The third-order valence-electron chi connectivity index (χ3n) is 3.69. The Bertz CT molecular complexity index is 231. The van der Waals surface area contributed by atoms with E-state index >= 15 is 0 Å². The Morgan fingerprint density at radius 3 is 2.26 bits per heavy atom. The van der Waals surface area contributed by atoms with E-state index in [4.69, 9.17) is 19.9 Å². The zero-order valence-electron chi connectivity index (χ0n) is 11.8. The third-order valence-corrected chi connectivity index (χ3v) is 3.69. The van der Waals surface area contributed by atoms with Crippen molar-refractivity contribution in [3.63, 3.8) is 0 Å². The first-order valence-corrected chi connectivity index (χ1v) is 7.33. The molecule has 112 valence electrons. The summed E-state index contributed by atoms with van der Waals surface area (Å²) in [6, 6.07) is 0. The summed E-state index contributed by atoms with van der Waals surface area (Å²) < 4.78 is 16.6. The summed E-state index contributed by atoms with van der Waals surface area (Å²) in [6.07, 6.45) is 1.11. The van der Waals surface area contributed by atoms with E-state index in [1.54, 1.807) is 0 Å². The lowest BCUT2D eigenvalue weighted by Crippen LogP contribution is -2.48.